The lowest BCUT2D eigenvalue weighted by Gasteiger charge is -2.11. The number of carbonyl (C=O) groups excluding carboxylic acids is 2. The van der Waals surface area contributed by atoms with Crippen LogP contribution in [0.5, 0.6) is 0 Å². The van der Waals surface area contributed by atoms with Gasteiger partial charge in [-0.3, -0.25) is 10.1 Å². The lowest BCUT2D eigenvalue weighted by Crippen LogP contribution is -2.41. The highest BCUT2D eigenvalue weighted by Crippen LogP contribution is 2.26. The summed E-state index contributed by atoms with van der Waals surface area (Å²) in [6.07, 6.45) is 0. The zero-order chi connectivity index (χ0) is 14.5. The SMILES string of the molecule is CNC(=O)NC(=O)[C@@H](C)Sc1ccc2ccccc2c1. The smallest absolute Gasteiger partial charge is 0.321 e. The Morgan fingerprint density at radius 3 is 2.50 bits per heavy atom. The predicted molar refractivity (Wildman–Crippen MR) is 81.9 cm³/mol. The van der Waals surface area contributed by atoms with Gasteiger partial charge >= 0.3 is 6.03 Å². The molecule has 0 saturated heterocycles. The van der Waals surface area contributed by atoms with Crippen LogP contribution in [0, 0.1) is 0 Å². The molecule has 0 saturated carbocycles. The van der Waals surface area contributed by atoms with Gasteiger partial charge in [0.15, 0.2) is 0 Å². The monoisotopic (exact) mass is 288 g/mol. The van der Waals surface area contributed by atoms with Crippen molar-refractivity contribution in [2.45, 2.75) is 17.1 Å². The van der Waals surface area contributed by atoms with Gasteiger partial charge in [0.1, 0.15) is 0 Å². The Morgan fingerprint density at radius 1 is 1.10 bits per heavy atom. The van der Waals surface area contributed by atoms with E-state index in [9.17, 15) is 9.59 Å². The lowest BCUT2D eigenvalue weighted by molar-refractivity contribution is -0.119. The Bertz CT molecular complexity index is 643. The molecule has 20 heavy (non-hydrogen) atoms. The van der Waals surface area contributed by atoms with Crippen LogP contribution in [0.3, 0.4) is 0 Å². The third-order valence-corrected chi connectivity index (χ3v) is 3.96. The van der Waals surface area contributed by atoms with Crippen molar-refractivity contribution in [1.29, 1.82) is 0 Å². The Morgan fingerprint density at radius 2 is 1.80 bits per heavy atom. The van der Waals surface area contributed by atoms with E-state index in [-0.39, 0.29) is 11.2 Å². The molecule has 0 aliphatic heterocycles. The van der Waals surface area contributed by atoms with Gasteiger partial charge < -0.3 is 5.32 Å². The number of hydrogen-bond donors (Lipinski definition) is 2. The summed E-state index contributed by atoms with van der Waals surface area (Å²) < 4.78 is 0. The van der Waals surface area contributed by atoms with Crippen molar-refractivity contribution >= 4 is 34.5 Å². The minimum atomic E-state index is -0.485. The molecule has 5 heteroatoms. The molecule has 0 bridgehead atoms. The van der Waals surface area contributed by atoms with E-state index >= 15 is 0 Å². The van der Waals surface area contributed by atoms with Gasteiger partial charge in [-0.2, -0.15) is 0 Å². The minimum absolute atomic E-state index is 0.303. The zero-order valence-electron chi connectivity index (χ0n) is 11.3. The van der Waals surface area contributed by atoms with Gasteiger partial charge in [-0.15, -0.1) is 11.8 Å². The number of benzene rings is 2. The molecule has 0 fully saturated rings. The van der Waals surface area contributed by atoms with Crippen molar-refractivity contribution in [3.05, 3.63) is 42.5 Å². The third-order valence-electron chi connectivity index (χ3n) is 2.87. The maximum absolute atomic E-state index is 11.8. The topological polar surface area (TPSA) is 58.2 Å². The molecule has 0 radical (unpaired) electrons. The number of rotatable bonds is 3. The summed E-state index contributed by atoms with van der Waals surface area (Å²) in [5.74, 6) is -0.303. The maximum atomic E-state index is 11.8. The number of amides is 3. The Hall–Kier alpha value is -2.01. The van der Waals surface area contributed by atoms with E-state index in [4.69, 9.17) is 0 Å². The van der Waals surface area contributed by atoms with Gasteiger partial charge in [0.05, 0.1) is 5.25 Å². The summed E-state index contributed by atoms with van der Waals surface area (Å²) in [5, 5.41) is 6.60. The highest BCUT2D eigenvalue weighted by Gasteiger charge is 2.16. The number of imide groups is 1. The highest BCUT2D eigenvalue weighted by molar-refractivity contribution is 8.00. The van der Waals surface area contributed by atoms with Crippen molar-refractivity contribution in [1.82, 2.24) is 10.6 Å². The van der Waals surface area contributed by atoms with Crippen molar-refractivity contribution in [2.24, 2.45) is 0 Å². The molecule has 0 heterocycles. The first-order valence-corrected chi connectivity index (χ1v) is 7.16. The fourth-order valence-electron chi connectivity index (χ4n) is 1.77. The molecule has 3 amide bonds. The summed E-state index contributed by atoms with van der Waals surface area (Å²) >= 11 is 1.43. The average molecular weight is 288 g/mol. The van der Waals surface area contributed by atoms with Gasteiger partial charge in [-0.25, -0.2) is 4.79 Å². The van der Waals surface area contributed by atoms with E-state index in [2.05, 4.69) is 10.6 Å². The number of nitrogens with one attached hydrogen (secondary N) is 2. The van der Waals surface area contributed by atoms with Gasteiger partial charge in [0.25, 0.3) is 0 Å². The van der Waals surface area contributed by atoms with E-state index in [0.717, 1.165) is 10.3 Å². The normalized spacial score (nSPS) is 11.9. The van der Waals surface area contributed by atoms with Crippen LogP contribution >= 0.6 is 11.8 Å². The Balaban J connectivity index is 2.07. The quantitative estimate of drug-likeness (QED) is 0.854. The Kier molecular flexibility index (Phi) is 4.63. The van der Waals surface area contributed by atoms with E-state index in [0.29, 0.717) is 0 Å². The van der Waals surface area contributed by atoms with E-state index in [1.807, 2.05) is 42.5 Å². The molecule has 2 N–H and O–H groups in total. The number of carbonyl (C=O) groups is 2. The molecule has 2 aromatic carbocycles. The number of urea groups is 1. The molecule has 2 rings (SSSR count). The van der Waals surface area contributed by atoms with Crippen LogP contribution < -0.4 is 10.6 Å². The summed E-state index contributed by atoms with van der Waals surface area (Å²) in [4.78, 5) is 23.9. The summed E-state index contributed by atoms with van der Waals surface area (Å²) in [5.41, 5.74) is 0. The van der Waals surface area contributed by atoms with Gasteiger partial charge in [0.2, 0.25) is 5.91 Å². The molecule has 0 aliphatic carbocycles. The fourth-order valence-corrected chi connectivity index (χ4v) is 2.69. The predicted octanol–water partition coefficient (Wildman–Crippen LogP) is 2.78. The molecular weight excluding hydrogens is 272 g/mol. The van der Waals surface area contributed by atoms with Crippen molar-refractivity contribution in [3.8, 4) is 0 Å². The number of fused-ring (bicyclic) bond motifs is 1. The van der Waals surface area contributed by atoms with E-state index in [1.165, 1.54) is 24.2 Å². The second-order valence-corrected chi connectivity index (χ2v) is 5.75. The standard InChI is InChI=1S/C15H16N2O2S/c1-10(14(18)17-15(19)16-2)20-13-8-7-11-5-3-4-6-12(11)9-13/h3-10H,1-2H3,(H2,16,17,18,19)/t10-/m1/s1. The molecule has 1 atom stereocenters. The second kappa shape index (κ2) is 6.43. The zero-order valence-corrected chi connectivity index (χ0v) is 12.2. The van der Waals surface area contributed by atoms with E-state index < -0.39 is 6.03 Å². The van der Waals surface area contributed by atoms with Crippen LogP contribution in [0.4, 0.5) is 4.79 Å². The van der Waals surface area contributed by atoms with Crippen LogP contribution in [0.2, 0.25) is 0 Å². The average Bonchev–Trinajstić information content (AvgIpc) is 2.46. The highest BCUT2D eigenvalue weighted by atomic mass is 32.2. The second-order valence-electron chi connectivity index (χ2n) is 4.34. The Labute approximate surface area is 121 Å². The van der Waals surface area contributed by atoms with Crippen LogP contribution in [0.25, 0.3) is 10.8 Å². The molecule has 0 aromatic heterocycles. The van der Waals surface area contributed by atoms with Gasteiger partial charge in [-0.1, -0.05) is 30.3 Å². The number of hydrogen-bond acceptors (Lipinski definition) is 3. The van der Waals surface area contributed by atoms with Gasteiger partial charge in [0, 0.05) is 11.9 Å². The van der Waals surface area contributed by atoms with Crippen LogP contribution in [0.15, 0.2) is 47.4 Å². The van der Waals surface area contributed by atoms with E-state index in [1.54, 1.807) is 6.92 Å². The lowest BCUT2D eigenvalue weighted by atomic mass is 10.1. The van der Waals surface area contributed by atoms with Crippen LogP contribution in [0.1, 0.15) is 6.92 Å². The third kappa shape index (κ3) is 3.51. The van der Waals surface area contributed by atoms with Crippen molar-refractivity contribution in [3.63, 3.8) is 0 Å². The molecule has 4 nitrogen and oxygen atoms in total. The molecule has 0 aliphatic rings. The van der Waals surface area contributed by atoms with Gasteiger partial charge in [-0.05, 0) is 29.8 Å². The van der Waals surface area contributed by atoms with Crippen molar-refractivity contribution < 1.29 is 9.59 Å². The molecular formula is C15H16N2O2S. The summed E-state index contributed by atoms with van der Waals surface area (Å²) in [7, 11) is 1.48. The first-order valence-electron chi connectivity index (χ1n) is 6.28. The summed E-state index contributed by atoms with van der Waals surface area (Å²) in [6.45, 7) is 1.78. The molecule has 0 spiro atoms. The largest absolute Gasteiger partial charge is 0.341 e. The number of thioether (sulfide) groups is 1. The van der Waals surface area contributed by atoms with Crippen molar-refractivity contribution in [2.75, 3.05) is 7.05 Å². The summed E-state index contributed by atoms with van der Waals surface area (Å²) in [6, 6.07) is 13.6. The molecule has 104 valence electrons. The van der Waals surface area contributed by atoms with Crippen LogP contribution in [-0.4, -0.2) is 24.2 Å². The first kappa shape index (κ1) is 14.4. The minimum Gasteiger partial charge on any atom is -0.341 e. The molecule has 0 unspecified atom stereocenters. The fraction of sp³-hybridized carbons (Fsp3) is 0.200. The first-order chi connectivity index (χ1) is 9.60. The van der Waals surface area contributed by atoms with Crippen LogP contribution in [-0.2, 0) is 4.79 Å². The molecule has 2 aromatic rings. The maximum Gasteiger partial charge on any atom is 0.321 e.